The third-order valence-electron chi connectivity index (χ3n) is 3.36. The topological polar surface area (TPSA) is 109 Å². The minimum absolute atomic E-state index is 0.0392. The number of aliphatic carboxylic acids is 1. The van der Waals surface area contributed by atoms with Crippen LogP contribution in [0, 0.1) is 6.92 Å². The third-order valence-corrected chi connectivity index (χ3v) is 3.36. The molecule has 1 unspecified atom stereocenters. The molecule has 0 bridgehead atoms. The summed E-state index contributed by atoms with van der Waals surface area (Å²) in [6, 6.07) is 4.98. The molecule has 1 atom stereocenters. The number of phenols is 1. The summed E-state index contributed by atoms with van der Waals surface area (Å²) in [5, 5.41) is 21.3. The number of hydrogen-bond acceptors (Lipinski definition) is 5. The van der Waals surface area contributed by atoms with Gasteiger partial charge in [-0.2, -0.15) is 0 Å². The first-order chi connectivity index (χ1) is 10.9. The zero-order valence-corrected chi connectivity index (χ0v) is 12.7. The van der Waals surface area contributed by atoms with Crippen LogP contribution in [0.3, 0.4) is 0 Å². The summed E-state index contributed by atoms with van der Waals surface area (Å²) in [6.45, 7) is 1.69. The molecule has 0 fully saturated rings. The van der Waals surface area contributed by atoms with Gasteiger partial charge in [-0.05, 0) is 30.7 Å². The Kier molecular flexibility index (Phi) is 4.90. The molecule has 0 saturated heterocycles. The van der Waals surface area contributed by atoms with Gasteiger partial charge in [0.1, 0.15) is 6.04 Å². The molecule has 1 amide bonds. The zero-order chi connectivity index (χ0) is 17.0. The minimum atomic E-state index is -1.17. The predicted molar refractivity (Wildman–Crippen MR) is 80.7 cm³/mol. The number of carbonyl (C=O) groups is 2. The van der Waals surface area contributed by atoms with Crippen molar-refractivity contribution in [2.75, 3.05) is 7.11 Å². The number of benzene rings is 1. The van der Waals surface area contributed by atoms with Crippen molar-refractivity contribution in [1.82, 2.24) is 5.32 Å². The van der Waals surface area contributed by atoms with Crippen molar-refractivity contribution >= 4 is 11.9 Å². The van der Waals surface area contributed by atoms with Crippen LogP contribution in [0.1, 0.15) is 21.7 Å². The number of nitrogens with one attached hydrogen (secondary N) is 1. The van der Waals surface area contributed by atoms with Crippen molar-refractivity contribution in [3.63, 3.8) is 0 Å². The van der Waals surface area contributed by atoms with E-state index in [-0.39, 0.29) is 23.7 Å². The maximum absolute atomic E-state index is 12.1. The van der Waals surface area contributed by atoms with Gasteiger partial charge in [-0.3, -0.25) is 4.79 Å². The van der Waals surface area contributed by atoms with E-state index in [1.165, 1.54) is 25.5 Å². The van der Waals surface area contributed by atoms with Gasteiger partial charge in [0.15, 0.2) is 17.3 Å². The molecule has 1 heterocycles. The van der Waals surface area contributed by atoms with Crippen LogP contribution in [0.4, 0.5) is 0 Å². The van der Waals surface area contributed by atoms with E-state index in [0.29, 0.717) is 11.1 Å². The fourth-order valence-corrected chi connectivity index (χ4v) is 2.11. The summed E-state index contributed by atoms with van der Waals surface area (Å²) in [6.07, 6.45) is 1.41. The van der Waals surface area contributed by atoms with Gasteiger partial charge in [0, 0.05) is 12.0 Å². The normalized spacial score (nSPS) is 11.7. The number of carboxylic acids is 1. The van der Waals surface area contributed by atoms with Gasteiger partial charge in [0.05, 0.1) is 13.4 Å². The average Bonchev–Trinajstić information content (AvgIpc) is 2.94. The molecule has 0 aliphatic carbocycles. The van der Waals surface area contributed by atoms with Gasteiger partial charge in [-0.15, -0.1) is 0 Å². The Labute approximate surface area is 132 Å². The van der Waals surface area contributed by atoms with Gasteiger partial charge < -0.3 is 24.7 Å². The van der Waals surface area contributed by atoms with Crippen LogP contribution in [-0.4, -0.2) is 35.2 Å². The monoisotopic (exact) mass is 319 g/mol. The molecular weight excluding hydrogens is 302 g/mol. The Hall–Kier alpha value is -2.96. The second-order valence-corrected chi connectivity index (χ2v) is 5.01. The lowest BCUT2D eigenvalue weighted by Crippen LogP contribution is -2.42. The third kappa shape index (κ3) is 3.82. The highest BCUT2D eigenvalue weighted by molar-refractivity contribution is 5.95. The quantitative estimate of drug-likeness (QED) is 0.748. The molecule has 2 rings (SSSR count). The summed E-state index contributed by atoms with van der Waals surface area (Å²) < 4.78 is 10.0. The number of aryl methyl sites for hydroxylation is 1. The summed E-state index contributed by atoms with van der Waals surface area (Å²) in [7, 11) is 1.40. The molecule has 7 heteroatoms. The first-order valence-corrected chi connectivity index (χ1v) is 6.86. The molecule has 0 spiro atoms. The van der Waals surface area contributed by atoms with Crippen molar-refractivity contribution in [3.05, 3.63) is 47.4 Å². The Morgan fingerprint density at radius 2 is 2.09 bits per heavy atom. The highest BCUT2D eigenvalue weighted by Gasteiger charge is 2.23. The molecule has 23 heavy (non-hydrogen) atoms. The van der Waals surface area contributed by atoms with E-state index in [9.17, 15) is 19.8 Å². The Morgan fingerprint density at radius 3 is 2.65 bits per heavy atom. The Balaban J connectivity index is 2.15. The maximum atomic E-state index is 12.1. The highest BCUT2D eigenvalue weighted by atomic mass is 16.5. The molecule has 7 nitrogen and oxygen atoms in total. The fraction of sp³-hybridized carbons (Fsp3) is 0.250. The summed E-state index contributed by atoms with van der Waals surface area (Å²) in [4.78, 5) is 23.5. The lowest BCUT2D eigenvalue weighted by molar-refractivity contribution is -0.139. The van der Waals surface area contributed by atoms with Crippen molar-refractivity contribution < 1.29 is 29.0 Å². The van der Waals surface area contributed by atoms with Crippen LogP contribution in [0.25, 0.3) is 0 Å². The minimum Gasteiger partial charge on any atom is -0.504 e. The number of aromatic hydroxyl groups is 1. The number of phenolic OH excluding ortho intramolecular Hbond substituents is 1. The van der Waals surface area contributed by atoms with Gasteiger partial charge in [0.25, 0.3) is 5.91 Å². The fourth-order valence-electron chi connectivity index (χ4n) is 2.11. The van der Waals surface area contributed by atoms with E-state index in [0.717, 1.165) is 0 Å². The van der Waals surface area contributed by atoms with Crippen LogP contribution in [0.2, 0.25) is 0 Å². The van der Waals surface area contributed by atoms with E-state index in [4.69, 9.17) is 9.15 Å². The number of methoxy groups -OCH3 is 1. The van der Waals surface area contributed by atoms with Crippen LogP contribution < -0.4 is 10.1 Å². The highest BCUT2D eigenvalue weighted by Crippen LogP contribution is 2.26. The predicted octanol–water partition coefficient (Wildman–Crippen LogP) is 1.73. The van der Waals surface area contributed by atoms with Gasteiger partial charge in [0.2, 0.25) is 0 Å². The van der Waals surface area contributed by atoms with Gasteiger partial charge >= 0.3 is 5.97 Å². The second-order valence-electron chi connectivity index (χ2n) is 5.01. The number of carboxylic acid groups (broad SMARTS) is 1. The number of hydrogen-bond donors (Lipinski definition) is 3. The van der Waals surface area contributed by atoms with Gasteiger partial charge in [-0.1, -0.05) is 6.07 Å². The first-order valence-electron chi connectivity index (χ1n) is 6.86. The summed E-state index contributed by atoms with van der Waals surface area (Å²) in [5.74, 6) is -1.49. The smallest absolute Gasteiger partial charge is 0.326 e. The Bertz CT molecular complexity index is 721. The van der Waals surface area contributed by atoms with E-state index in [1.54, 1.807) is 19.1 Å². The van der Waals surface area contributed by atoms with Crippen molar-refractivity contribution in [1.29, 1.82) is 0 Å². The average molecular weight is 319 g/mol. The van der Waals surface area contributed by atoms with Crippen molar-refractivity contribution in [3.8, 4) is 11.5 Å². The Morgan fingerprint density at radius 1 is 1.35 bits per heavy atom. The van der Waals surface area contributed by atoms with E-state index < -0.39 is 17.9 Å². The lowest BCUT2D eigenvalue weighted by Gasteiger charge is -2.15. The number of carbonyl (C=O) groups excluding carboxylic acids is 1. The number of amides is 1. The molecule has 122 valence electrons. The molecule has 0 aliphatic heterocycles. The van der Waals surface area contributed by atoms with E-state index in [1.807, 2.05) is 0 Å². The molecular formula is C16H17NO6. The standard InChI is InChI=1S/C16H17NO6/c1-9-5-6-23-14(9)15(19)17-11(16(20)21)7-10-3-4-12(18)13(8-10)22-2/h3-6,8,11,18H,7H2,1-2H3,(H,17,19)(H,20,21). The molecule has 3 N–H and O–H groups in total. The molecule has 2 aromatic rings. The first kappa shape index (κ1) is 16.4. The molecule has 0 radical (unpaired) electrons. The van der Waals surface area contributed by atoms with E-state index in [2.05, 4.69) is 5.32 Å². The summed E-state index contributed by atoms with van der Waals surface area (Å²) in [5.41, 5.74) is 1.22. The van der Waals surface area contributed by atoms with Crippen molar-refractivity contribution in [2.24, 2.45) is 0 Å². The van der Waals surface area contributed by atoms with Crippen LogP contribution >= 0.6 is 0 Å². The van der Waals surface area contributed by atoms with E-state index >= 15 is 0 Å². The number of furan rings is 1. The number of rotatable bonds is 6. The zero-order valence-electron chi connectivity index (χ0n) is 12.7. The van der Waals surface area contributed by atoms with Crippen LogP contribution in [-0.2, 0) is 11.2 Å². The number of ether oxygens (including phenoxy) is 1. The maximum Gasteiger partial charge on any atom is 0.326 e. The lowest BCUT2D eigenvalue weighted by atomic mass is 10.0. The van der Waals surface area contributed by atoms with Crippen LogP contribution in [0.5, 0.6) is 11.5 Å². The second kappa shape index (κ2) is 6.87. The molecule has 0 aliphatic rings. The van der Waals surface area contributed by atoms with Crippen LogP contribution in [0.15, 0.2) is 34.9 Å². The SMILES string of the molecule is COc1cc(CC(NC(=O)c2occc2C)C(=O)O)ccc1O. The summed E-state index contributed by atoms with van der Waals surface area (Å²) >= 11 is 0. The van der Waals surface area contributed by atoms with Gasteiger partial charge in [-0.25, -0.2) is 4.79 Å². The molecule has 1 aromatic heterocycles. The molecule has 0 saturated carbocycles. The largest absolute Gasteiger partial charge is 0.504 e. The van der Waals surface area contributed by atoms with Crippen molar-refractivity contribution in [2.45, 2.75) is 19.4 Å². The molecule has 1 aromatic carbocycles.